The molecule has 6 aliphatic rings. The molecule has 0 unspecified atom stereocenters. The summed E-state index contributed by atoms with van der Waals surface area (Å²) in [5.74, 6) is -0.811. The van der Waals surface area contributed by atoms with E-state index in [2.05, 4.69) is 17.5 Å². The van der Waals surface area contributed by atoms with Gasteiger partial charge in [-0.1, -0.05) is 6.92 Å². The highest BCUT2D eigenvalue weighted by atomic mass is 19.1. The number of aliphatic hydroxyl groups is 8. The molecule has 18 atom stereocenters. The maximum absolute atomic E-state index is 13.7. The largest absolute Gasteiger partial charge is 0.431 e. The molecule has 0 bridgehead atoms. The lowest BCUT2D eigenvalue weighted by Crippen LogP contribution is -2.69. The first-order valence-corrected chi connectivity index (χ1v) is 20.8. The van der Waals surface area contributed by atoms with Crippen molar-refractivity contribution in [1.82, 2.24) is 0 Å². The van der Waals surface area contributed by atoms with E-state index in [1.54, 1.807) is 31.3 Å². The molecular weight excluding hydrogens is 775 g/mol. The number of hydrazone groups is 1. The zero-order valence-electron chi connectivity index (χ0n) is 33.1. The molecule has 4 saturated carbocycles. The third kappa shape index (κ3) is 7.18. The van der Waals surface area contributed by atoms with Crippen LogP contribution in [-0.4, -0.2) is 132 Å². The van der Waals surface area contributed by atoms with Crippen LogP contribution in [0.1, 0.15) is 83.1 Å². The molecule has 0 radical (unpaired) electrons. The Morgan fingerprint density at radius 3 is 2.27 bits per heavy atom. The monoisotopic (exact) mass is 832 g/mol. The summed E-state index contributed by atoms with van der Waals surface area (Å²) in [5.41, 5.74) is 0.0836. The van der Waals surface area contributed by atoms with E-state index in [1.807, 2.05) is 0 Å². The van der Waals surface area contributed by atoms with Crippen LogP contribution in [0.2, 0.25) is 0 Å². The van der Waals surface area contributed by atoms with Crippen molar-refractivity contribution >= 4 is 11.9 Å². The number of hydrogen-bond donors (Lipinski definition) is 9. The van der Waals surface area contributed by atoms with Crippen LogP contribution in [0.5, 0.6) is 0 Å². The predicted octanol–water partition coefficient (Wildman–Crippen LogP) is 1.25. The Morgan fingerprint density at radius 2 is 1.56 bits per heavy atom. The van der Waals surface area contributed by atoms with Gasteiger partial charge in [0.05, 0.1) is 42.0 Å². The molecule has 326 valence electrons. The first-order valence-electron chi connectivity index (χ1n) is 20.8. The van der Waals surface area contributed by atoms with Crippen LogP contribution in [0.15, 0.2) is 57.0 Å². The van der Waals surface area contributed by atoms with Crippen LogP contribution in [0.3, 0.4) is 0 Å². The van der Waals surface area contributed by atoms with E-state index in [0.717, 1.165) is 5.56 Å². The van der Waals surface area contributed by atoms with Crippen LogP contribution < -0.4 is 11.1 Å². The summed E-state index contributed by atoms with van der Waals surface area (Å²) in [4.78, 5) is 11.8. The van der Waals surface area contributed by atoms with Gasteiger partial charge in [-0.3, -0.25) is 5.43 Å². The van der Waals surface area contributed by atoms with Crippen LogP contribution >= 0.6 is 0 Å². The van der Waals surface area contributed by atoms with E-state index in [4.69, 9.17) is 23.4 Å². The van der Waals surface area contributed by atoms with Gasteiger partial charge in [-0.15, -0.1) is 0 Å². The normalized spacial score (nSPS) is 47.3. The Labute approximate surface area is 340 Å². The van der Waals surface area contributed by atoms with Crippen molar-refractivity contribution in [2.24, 2.45) is 27.8 Å². The van der Waals surface area contributed by atoms with Gasteiger partial charge in [0.15, 0.2) is 12.6 Å². The Bertz CT molecular complexity index is 1870. The smallest absolute Gasteiger partial charge is 0.335 e. The summed E-state index contributed by atoms with van der Waals surface area (Å²) in [7, 11) is 0. The van der Waals surface area contributed by atoms with Crippen molar-refractivity contribution in [2.45, 2.75) is 156 Å². The summed E-state index contributed by atoms with van der Waals surface area (Å²) in [6.07, 6.45) is -7.67. The minimum atomic E-state index is -1.73. The highest BCUT2D eigenvalue weighted by Gasteiger charge is 2.71. The number of ether oxygens (including phenoxy) is 4. The maximum Gasteiger partial charge on any atom is 0.335 e. The summed E-state index contributed by atoms with van der Waals surface area (Å²) >= 11 is 0. The predicted molar refractivity (Wildman–Crippen MR) is 205 cm³/mol. The highest BCUT2D eigenvalue weighted by Crippen LogP contribution is 2.71. The van der Waals surface area contributed by atoms with Crippen molar-refractivity contribution in [3.63, 3.8) is 0 Å². The molecule has 0 spiro atoms. The van der Waals surface area contributed by atoms with E-state index in [0.29, 0.717) is 57.1 Å². The topological polar surface area (TPSA) is 253 Å². The molecule has 0 amide bonds. The van der Waals surface area contributed by atoms with Gasteiger partial charge in [0, 0.05) is 29.5 Å². The lowest BCUT2D eigenvalue weighted by molar-refractivity contribution is -0.361. The quantitative estimate of drug-likeness (QED) is 0.0980. The second-order valence-electron chi connectivity index (χ2n) is 18.0. The van der Waals surface area contributed by atoms with E-state index in [-0.39, 0.29) is 24.2 Å². The molecule has 6 fully saturated rings. The van der Waals surface area contributed by atoms with Crippen molar-refractivity contribution in [1.29, 1.82) is 0 Å². The number of benzene rings is 1. The summed E-state index contributed by atoms with van der Waals surface area (Å²) in [6, 6.07) is 8.97. The third-order valence-corrected chi connectivity index (χ3v) is 15.2. The number of hydrogen-bond acceptors (Lipinski definition) is 16. The number of anilines is 1. The molecule has 3 heterocycles. The number of aliphatic hydroxyl groups excluding tert-OH is 6. The molecule has 16 nitrogen and oxygen atoms in total. The minimum Gasteiger partial charge on any atom is -0.431 e. The van der Waals surface area contributed by atoms with Gasteiger partial charge in [0.2, 0.25) is 0 Å². The molecule has 1 aromatic heterocycles. The van der Waals surface area contributed by atoms with E-state index in [9.17, 15) is 50.0 Å². The third-order valence-electron chi connectivity index (χ3n) is 15.2. The molecule has 2 saturated heterocycles. The number of nitrogens with one attached hydrogen (secondary N) is 1. The Morgan fingerprint density at radius 1 is 0.847 bits per heavy atom. The standard InChI is InChI=1S/C42H57FN2O14/c1-21-36(59-38-34(51)32(49)31(48)29(18-46)58-38)33(50)35(52)37(56-21)57-25-9-14-40(20-44-45-24-6-4-23(43)5-7-24)27-10-13-39(2)26(22-3-8-30(47)55-19-22)12-16-42(39,54)28(27)11-15-41(40,53)17-25/h3-8,19-21,25-29,31-38,45-46,48-54H,9-18H2,1-2H3/b44-20+/t21-,25-,26+,27-,28+,29+,31+,32-,33-,34+,35+,36-,37-,38-,39+,40-,41-,42-/m0/s1. The van der Waals surface area contributed by atoms with Gasteiger partial charge >= 0.3 is 5.63 Å². The number of fused-ring (bicyclic) bond motifs is 5. The molecule has 4 aliphatic carbocycles. The van der Waals surface area contributed by atoms with Crippen molar-refractivity contribution in [2.75, 3.05) is 12.0 Å². The zero-order chi connectivity index (χ0) is 42.1. The number of nitrogens with zero attached hydrogens (tertiary/aromatic N) is 1. The van der Waals surface area contributed by atoms with Gasteiger partial charge < -0.3 is 64.2 Å². The SMILES string of the molecule is C[C@@H]1O[C@@H](O[C@H]2CC[C@]3(/C=N/Nc4ccc(F)cc4)[C@H]4CC[C@]5(C)[C@@H](c6ccc(=O)oc6)CC[C@]5(O)[C@@H]4CC[C@]3(O)C2)[C@H](O)[C@H](O)[C@H]1O[C@@H]1O[C@H](CO)[C@@H](O)[C@H](O)[C@H]1O. The van der Waals surface area contributed by atoms with Gasteiger partial charge in [-0.25, -0.2) is 9.18 Å². The van der Waals surface area contributed by atoms with Crippen molar-refractivity contribution < 1.29 is 68.6 Å². The first-order chi connectivity index (χ1) is 28.0. The summed E-state index contributed by atoms with van der Waals surface area (Å²) in [6.45, 7) is 3.01. The molecule has 2 aliphatic heterocycles. The fourth-order valence-electron chi connectivity index (χ4n) is 12.0. The van der Waals surface area contributed by atoms with Crippen LogP contribution in [0, 0.1) is 28.5 Å². The Balaban J connectivity index is 1.01. The van der Waals surface area contributed by atoms with Crippen LogP contribution in [-0.2, 0) is 18.9 Å². The fraction of sp³-hybridized carbons (Fsp3) is 0.714. The van der Waals surface area contributed by atoms with Gasteiger partial charge in [-0.2, -0.15) is 5.10 Å². The zero-order valence-corrected chi connectivity index (χ0v) is 33.1. The van der Waals surface area contributed by atoms with Crippen LogP contribution in [0.25, 0.3) is 0 Å². The average molecular weight is 833 g/mol. The average Bonchev–Trinajstić information content (AvgIpc) is 3.50. The molecule has 59 heavy (non-hydrogen) atoms. The number of halogens is 1. The number of rotatable bonds is 9. The lowest BCUT2D eigenvalue weighted by Gasteiger charge is -2.66. The lowest BCUT2D eigenvalue weighted by atomic mass is 9.41. The second-order valence-corrected chi connectivity index (χ2v) is 18.0. The van der Waals surface area contributed by atoms with E-state index < -0.39 is 108 Å². The minimum absolute atomic E-state index is 0.0330. The first kappa shape index (κ1) is 42.8. The maximum atomic E-state index is 13.7. The molecular formula is C42H57FN2O14. The van der Waals surface area contributed by atoms with E-state index in [1.165, 1.54) is 24.5 Å². The summed E-state index contributed by atoms with van der Waals surface area (Å²) < 4.78 is 42.6. The Kier molecular flexibility index (Phi) is 11.7. The molecule has 8 rings (SSSR count). The molecule has 17 heteroatoms. The Hall–Kier alpha value is -2.91. The molecule has 2 aromatic rings. The van der Waals surface area contributed by atoms with Crippen molar-refractivity contribution in [3.8, 4) is 0 Å². The second kappa shape index (κ2) is 16.1. The van der Waals surface area contributed by atoms with Gasteiger partial charge in [0.25, 0.3) is 0 Å². The van der Waals surface area contributed by atoms with Crippen LogP contribution in [0.4, 0.5) is 10.1 Å². The fourth-order valence-corrected chi connectivity index (χ4v) is 12.0. The highest BCUT2D eigenvalue weighted by molar-refractivity contribution is 5.71. The van der Waals surface area contributed by atoms with E-state index >= 15 is 0 Å². The van der Waals surface area contributed by atoms with Gasteiger partial charge in [0.1, 0.15) is 48.5 Å². The van der Waals surface area contributed by atoms with Gasteiger partial charge in [-0.05, 0) is 112 Å². The van der Waals surface area contributed by atoms with Crippen molar-refractivity contribution in [3.05, 3.63) is 64.5 Å². The molecule has 1 aromatic carbocycles. The summed E-state index contributed by atoms with van der Waals surface area (Å²) in [5, 5.41) is 93.4. The molecule has 9 N–H and O–H groups in total.